The summed E-state index contributed by atoms with van der Waals surface area (Å²) in [5.74, 6) is -1.66. The van der Waals surface area contributed by atoms with Crippen LogP contribution in [-0.2, 0) is 28.9 Å². The number of nitrogens with zero attached hydrogens (tertiary/aromatic N) is 2. The Labute approximate surface area is 192 Å². The van der Waals surface area contributed by atoms with Crippen molar-refractivity contribution in [1.29, 1.82) is 0 Å². The number of nitrogens with one attached hydrogen (secondary N) is 1. The van der Waals surface area contributed by atoms with Crippen LogP contribution in [0, 0.1) is 11.7 Å². The van der Waals surface area contributed by atoms with E-state index in [1.807, 2.05) is 18.5 Å². The molecular formula is C23H29ClFN3O4. The van der Waals surface area contributed by atoms with Gasteiger partial charge in [0, 0.05) is 37.2 Å². The van der Waals surface area contributed by atoms with Crippen LogP contribution in [0.3, 0.4) is 0 Å². The van der Waals surface area contributed by atoms with Crippen LogP contribution in [0.1, 0.15) is 58.8 Å². The first-order valence-electron chi connectivity index (χ1n) is 11.0. The molecule has 1 aromatic carbocycles. The second-order valence-corrected chi connectivity index (χ2v) is 8.39. The maximum Gasteiger partial charge on any atom is 0.341 e. The summed E-state index contributed by atoms with van der Waals surface area (Å²) in [4.78, 5) is 25.1. The maximum atomic E-state index is 14.0. The zero-order valence-corrected chi connectivity index (χ0v) is 19.2. The Balaban J connectivity index is 1.71. The smallest absolute Gasteiger partial charge is 0.341 e. The zero-order chi connectivity index (χ0) is 23.1. The fraction of sp³-hybridized carbons (Fsp3) is 0.522. The second-order valence-electron chi connectivity index (χ2n) is 7.96. The number of carbonyl (C=O) groups is 2. The second kappa shape index (κ2) is 11.4. The number of aryl methyl sites for hydroxylation is 1. The van der Waals surface area contributed by atoms with Crippen molar-refractivity contribution in [1.82, 2.24) is 15.1 Å². The lowest BCUT2D eigenvalue weighted by Gasteiger charge is -2.15. The molecule has 1 amide bonds. The Kier molecular flexibility index (Phi) is 8.64. The average Bonchev–Trinajstić information content (AvgIpc) is 3.08. The number of amides is 1. The van der Waals surface area contributed by atoms with Gasteiger partial charge in [-0.15, -0.1) is 0 Å². The van der Waals surface area contributed by atoms with Gasteiger partial charge in [-0.05, 0) is 43.9 Å². The first-order valence-corrected chi connectivity index (χ1v) is 11.3. The molecule has 0 radical (unpaired) electrons. The lowest BCUT2D eigenvalue weighted by atomic mass is 10.1. The number of aromatic nitrogens is 2. The molecule has 1 N–H and O–H groups in total. The topological polar surface area (TPSA) is 82.5 Å². The molecule has 0 aliphatic carbocycles. The zero-order valence-electron chi connectivity index (χ0n) is 18.5. The highest BCUT2D eigenvalue weighted by Gasteiger charge is 2.24. The molecule has 0 fully saturated rings. The predicted molar refractivity (Wildman–Crippen MR) is 119 cm³/mol. The van der Waals surface area contributed by atoms with Crippen molar-refractivity contribution in [3.8, 4) is 0 Å². The number of carbonyl (C=O) groups excluding carboxylic acids is 2. The Hall–Kier alpha value is -2.45. The van der Waals surface area contributed by atoms with Gasteiger partial charge in [0.2, 0.25) is 0 Å². The van der Waals surface area contributed by atoms with Crippen molar-refractivity contribution in [3.63, 3.8) is 0 Å². The van der Waals surface area contributed by atoms with Crippen LogP contribution in [0.4, 0.5) is 4.39 Å². The first-order chi connectivity index (χ1) is 15.4. The van der Waals surface area contributed by atoms with Crippen LogP contribution in [0.15, 0.2) is 18.2 Å². The fourth-order valence-corrected chi connectivity index (χ4v) is 3.83. The van der Waals surface area contributed by atoms with Crippen LogP contribution in [0.2, 0.25) is 5.02 Å². The van der Waals surface area contributed by atoms with Crippen molar-refractivity contribution >= 4 is 23.5 Å². The van der Waals surface area contributed by atoms with Gasteiger partial charge in [0.25, 0.3) is 5.91 Å². The van der Waals surface area contributed by atoms with Crippen LogP contribution < -0.4 is 5.32 Å². The van der Waals surface area contributed by atoms with E-state index < -0.39 is 11.8 Å². The number of hydrogen-bond acceptors (Lipinski definition) is 5. The van der Waals surface area contributed by atoms with Crippen molar-refractivity contribution in [2.75, 3.05) is 26.4 Å². The SMILES string of the molecule is CCc1nn(C[C@@H](C)COC(=O)c2ccc(Cl)cc2F)c2c1C(=O)NCCCOCCC2. The van der Waals surface area contributed by atoms with Gasteiger partial charge < -0.3 is 14.8 Å². The van der Waals surface area contributed by atoms with E-state index in [0.29, 0.717) is 44.7 Å². The number of fused-ring (bicyclic) bond motifs is 1. The quantitative estimate of drug-likeness (QED) is 0.656. The molecule has 1 aliphatic heterocycles. The third-order valence-electron chi connectivity index (χ3n) is 5.28. The molecule has 0 saturated heterocycles. The van der Waals surface area contributed by atoms with Gasteiger partial charge in [-0.25, -0.2) is 9.18 Å². The van der Waals surface area contributed by atoms with E-state index in [2.05, 4.69) is 10.4 Å². The molecule has 0 unspecified atom stereocenters. The molecule has 1 aromatic heterocycles. The van der Waals surface area contributed by atoms with Crippen molar-refractivity contribution in [3.05, 3.63) is 51.6 Å². The number of hydrogen-bond donors (Lipinski definition) is 1. The summed E-state index contributed by atoms with van der Waals surface area (Å²) < 4.78 is 26.7. The first kappa shape index (κ1) is 24.2. The van der Waals surface area contributed by atoms with Crippen molar-refractivity contribution in [2.24, 2.45) is 5.92 Å². The van der Waals surface area contributed by atoms with Gasteiger partial charge >= 0.3 is 5.97 Å². The van der Waals surface area contributed by atoms with Gasteiger partial charge in [-0.1, -0.05) is 25.4 Å². The Morgan fingerprint density at radius 1 is 1.38 bits per heavy atom. The van der Waals surface area contributed by atoms with E-state index >= 15 is 0 Å². The highest BCUT2D eigenvalue weighted by Crippen LogP contribution is 2.20. The Morgan fingerprint density at radius 3 is 2.91 bits per heavy atom. The molecule has 0 bridgehead atoms. The molecule has 1 aliphatic rings. The number of esters is 1. The molecule has 174 valence electrons. The van der Waals surface area contributed by atoms with E-state index in [4.69, 9.17) is 21.1 Å². The van der Waals surface area contributed by atoms with E-state index in [9.17, 15) is 14.0 Å². The molecule has 32 heavy (non-hydrogen) atoms. The van der Waals surface area contributed by atoms with Crippen molar-refractivity contribution in [2.45, 2.75) is 46.1 Å². The van der Waals surface area contributed by atoms with Gasteiger partial charge in [-0.3, -0.25) is 9.48 Å². The Morgan fingerprint density at radius 2 is 2.16 bits per heavy atom. The fourth-order valence-electron chi connectivity index (χ4n) is 3.67. The molecule has 2 aromatic rings. The highest BCUT2D eigenvalue weighted by molar-refractivity contribution is 6.30. The monoisotopic (exact) mass is 465 g/mol. The molecular weight excluding hydrogens is 437 g/mol. The van der Waals surface area contributed by atoms with E-state index in [0.717, 1.165) is 30.3 Å². The average molecular weight is 466 g/mol. The lowest BCUT2D eigenvalue weighted by molar-refractivity contribution is 0.0430. The van der Waals surface area contributed by atoms with E-state index in [1.165, 1.54) is 12.1 Å². The molecule has 3 rings (SSSR count). The lowest BCUT2D eigenvalue weighted by Crippen LogP contribution is -2.27. The standard InChI is InChI=1S/C23H29ClFN3O4/c1-3-19-21-20(6-4-10-31-11-5-9-26-22(21)29)28(27-19)13-15(2)14-32-23(30)17-8-7-16(24)12-18(17)25/h7-8,12,15H,3-6,9-11,13-14H2,1-2H3,(H,26,29)/t15-/m1/s1. The minimum absolute atomic E-state index is 0.0896. The summed E-state index contributed by atoms with van der Waals surface area (Å²) >= 11 is 5.73. The predicted octanol–water partition coefficient (Wildman–Crippen LogP) is 3.81. The Bertz CT molecular complexity index is 963. The third kappa shape index (κ3) is 6.07. The summed E-state index contributed by atoms with van der Waals surface area (Å²) in [6, 6.07) is 3.83. The van der Waals surface area contributed by atoms with E-state index in [-0.39, 0.29) is 29.0 Å². The maximum absolute atomic E-state index is 14.0. The van der Waals surface area contributed by atoms with Crippen LogP contribution in [-0.4, -0.2) is 48.0 Å². The number of halogens is 2. The molecule has 1 atom stereocenters. The minimum Gasteiger partial charge on any atom is -0.462 e. The third-order valence-corrected chi connectivity index (χ3v) is 5.52. The summed E-state index contributed by atoms with van der Waals surface area (Å²) in [5, 5.41) is 7.85. The van der Waals surface area contributed by atoms with E-state index in [1.54, 1.807) is 0 Å². The van der Waals surface area contributed by atoms with Crippen molar-refractivity contribution < 1.29 is 23.5 Å². The molecule has 0 saturated carbocycles. The summed E-state index contributed by atoms with van der Waals surface area (Å²) in [5.41, 5.74) is 2.11. The summed E-state index contributed by atoms with van der Waals surface area (Å²) in [6.45, 7) is 6.25. The normalized spacial score (nSPS) is 15.9. The van der Waals surface area contributed by atoms with Gasteiger partial charge in [-0.2, -0.15) is 5.10 Å². The van der Waals surface area contributed by atoms with Gasteiger partial charge in [0.05, 0.1) is 29.1 Å². The van der Waals surface area contributed by atoms with Gasteiger partial charge in [0.1, 0.15) is 5.82 Å². The molecule has 2 heterocycles. The van der Waals surface area contributed by atoms with Crippen LogP contribution in [0.5, 0.6) is 0 Å². The molecule has 7 nitrogen and oxygen atoms in total. The minimum atomic E-state index is -0.739. The van der Waals surface area contributed by atoms with Crippen LogP contribution >= 0.6 is 11.6 Å². The molecule has 9 heteroatoms. The number of benzene rings is 1. The van der Waals surface area contributed by atoms with Crippen LogP contribution in [0.25, 0.3) is 0 Å². The van der Waals surface area contributed by atoms with Gasteiger partial charge in [0.15, 0.2) is 0 Å². The molecule has 0 spiro atoms. The summed E-state index contributed by atoms with van der Waals surface area (Å²) in [7, 11) is 0. The highest BCUT2D eigenvalue weighted by atomic mass is 35.5. The number of rotatable bonds is 6. The largest absolute Gasteiger partial charge is 0.462 e. The number of ether oxygens (including phenoxy) is 2. The summed E-state index contributed by atoms with van der Waals surface area (Å²) in [6.07, 6.45) is 2.86.